The molecule has 0 saturated carbocycles. The molecule has 1 aromatic carbocycles. The molecule has 126 valence electrons. The molecule has 1 fully saturated rings. The zero-order chi connectivity index (χ0) is 17.4. The number of likely N-dealkylation sites (N-methyl/N-ethyl adjacent to an activating group) is 1. The van der Waals surface area contributed by atoms with E-state index >= 15 is 0 Å². The van der Waals surface area contributed by atoms with Gasteiger partial charge in [0.2, 0.25) is 0 Å². The van der Waals surface area contributed by atoms with E-state index in [0.717, 1.165) is 11.5 Å². The highest BCUT2D eigenvalue weighted by Crippen LogP contribution is 2.38. The second kappa shape index (κ2) is 6.22. The van der Waals surface area contributed by atoms with Crippen molar-refractivity contribution in [3.05, 3.63) is 34.8 Å². The summed E-state index contributed by atoms with van der Waals surface area (Å²) in [5.41, 5.74) is 0.0550. The Morgan fingerprint density at radius 2 is 1.78 bits per heavy atom. The summed E-state index contributed by atoms with van der Waals surface area (Å²) < 4.78 is 38.6. The van der Waals surface area contributed by atoms with Crippen molar-refractivity contribution >= 4 is 13.2 Å². The highest BCUT2D eigenvalue weighted by molar-refractivity contribution is 6.55. The molecule has 0 aromatic heterocycles. The zero-order valence-electron chi connectivity index (χ0n) is 14.0. The number of aromatic hydroxyl groups is 1. The Balaban J connectivity index is 2.36. The van der Waals surface area contributed by atoms with Crippen LogP contribution in [0, 0.1) is 11.6 Å². The van der Waals surface area contributed by atoms with Crippen LogP contribution in [0.3, 0.4) is 0 Å². The van der Waals surface area contributed by atoms with Gasteiger partial charge in [0.1, 0.15) is 0 Å². The molecule has 0 unspecified atom stereocenters. The third-order valence-electron chi connectivity index (χ3n) is 4.32. The average Bonchev–Trinajstić information content (AvgIpc) is 2.64. The van der Waals surface area contributed by atoms with Crippen LogP contribution in [-0.4, -0.2) is 37.0 Å². The number of hydrogen-bond acceptors (Lipinski definition) is 4. The van der Waals surface area contributed by atoms with Gasteiger partial charge in [0.15, 0.2) is 17.4 Å². The normalized spacial score (nSPS) is 20.1. The average molecular weight is 325 g/mol. The molecule has 0 atom stereocenters. The first kappa shape index (κ1) is 17.9. The summed E-state index contributed by atoms with van der Waals surface area (Å²) in [5, 5.41) is 12.4. The van der Waals surface area contributed by atoms with Gasteiger partial charge in [-0.15, -0.1) is 0 Å². The minimum absolute atomic E-state index is 0.335. The maximum Gasteiger partial charge on any atom is 0.491 e. The number of rotatable bonds is 4. The van der Waals surface area contributed by atoms with Crippen LogP contribution in [0.25, 0.3) is 6.08 Å². The van der Waals surface area contributed by atoms with E-state index in [1.54, 1.807) is 13.1 Å². The lowest BCUT2D eigenvalue weighted by atomic mass is 9.77. The third kappa shape index (κ3) is 3.57. The van der Waals surface area contributed by atoms with E-state index in [9.17, 15) is 13.9 Å². The topological polar surface area (TPSA) is 50.7 Å². The predicted molar refractivity (Wildman–Crippen MR) is 86.0 cm³/mol. The van der Waals surface area contributed by atoms with Gasteiger partial charge in [-0.25, -0.2) is 4.39 Å². The molecule has 0 spiro atoms. The Morgan fingerprint density at radius 3 is 2.26 bits per heavy atom. The van der Waals surface area contributed by atoms with Crippen molar-refractivity contribution in [1.29, 1.82) is 0 Å². The summed E-state index contributed by atoms with van der Waals surface area (Å²) in [7, 11) is 1.16. The molecule has 1 heterocycles. The summed E-state index contributed by atoms with van der Waals surface area (Å²) in [6.07, 6.45) is 1.63. The van der Waals surface area contributed by atoms with Crippen LogP contribution < -0.4 is 5.32 Å². The quantitative estimate of drug-likeness (QED) is 0.836. The summed E-state index contributed by atoms with van der Waals surface area (Å²) in [6, 6.07) is 2.19. The molecule has 1 aliphatic heterocycles. The van der Waals surface area contributed by atoms with E-state index in [4.69, 9.17) is 9.31 Å². The minimum Gasteiger partial charge on any atom is -0.505 e. The first-order valence-electron chi connectivity index (χ1n) is 7.46. The van der Waals surface area contributed by atoms with Gasteiger partial charge in [-0.3, -0.25) is 0 Å². The number of halogens is 2. The van der Waals surface area contributed by atoms with E-state index in [1.165, 1.54) is 6.07 Å². The molecule has 1 aliphatic rings. The molecule has 4 nitrogen and oxygen atoms in total. The molecule has 0 amide bonds. The van der Waals surface area contributed by atoms with E-state index in [1.807, 2.05) is 27.7 Å². The van der Waals surface area contributed by atoms with Gasteiger partial charge in [0, 0.05) is 6.54 Å². The van der Waals surface area contributed by atoms with Crippen LogP contribution >= 0.6 is 0 Å². The van der Waals surface area contributed by atoms with E-state index in [0.29, 0.717) is 12.1 Å². The van der Waals surface area contributed by atoms with Crippen LogP contribution in [0.1, 0.15) is 33.3 Å². The molecule has 23 heavy (non-hydrogen) atoms. The van der Waals surface area contributed by atoms with Gasteiger partial charge in [0.25, 0.3) is 0 Å². The van der Waals surface area contributed by atoms with Crippen LogP contribution in [0.15, 0.2) is 17.6 Å². The van der Waals surface area contributed by atoms with Crippen LogP contribution in [0.2, 0.25) is 0 Å². The molecule has 2 rings (SSSR count). The molecule has 0 bridgehead atoms. The fraction of sp³-hybridized carbons (Fsp3) is 0.500. The highest BCUT2D eigenvalue weighted by atomic mass is 19.2. The monoisotopic (exact) mass is 325 g/mol. The van der Waals surface area contributed by atoms with Gasteiger partial charge in [0.05, 0.1) is 11.2 Å². The fourth-order valence-electron chi connectivity index (χ4n) is 2.29. The molecule has 2 N–H and O–H groups in total. The third-order valence-corrected chi connectivity index (χ3v) is 4.32. The lowest BCUT2D eigenvalue weighted by Gasteiger charge is -2.32. The SMILES string of the molecule is CNCC(=Cc1cc(O)c(F)c(F)c1)B1OC(C)(C)C(C)(C)O1. The zero-order valence-corrected chi connectivity index (χ0v) is 14.0. The van der Waals surface area contributed by atoms with E-state index in [-0.39, 0.29) is 0 Å². The van der Waals surface area contributed by atoms with Crippen LogP contribution in [0.4, 0.5) is 8.78 Å². The molecule has 1 saturated heterocycles. The van der Waals surface area contributed by atoms with Crippen molar-refractivity contribution in [1.82, 2.24) is 5.32 Å². The number of benzene rings is 1. The number of phenolic OH excluding ortho intramolecular Hbond substituents is 1. The Kier molecular flexibility index (Phi) is 4.85. The largest absolute Gasteiger partial charge is 0.505 e. The van der Waals surface area contributed by atoms with Crippen molar-refractivity contribution < 1.29 is 23.2 Å². The molecular formula is C16H22BF2NO3. The molecule has 0 aliphatic carbocycles. The Bertz CT molecular complexity index is 593. The van der Waals surface area contributed by atoms with E-state index < -0.39 is 35.7 Å². The minimum atomic E-state index is -1.26. The Morgan fingerprint density at radius 1 is 1.22 bits per heavy atom. The van der Waals surface area contributed by atoms with Crippen LogP contribution in [0.5, 0.6) is 5.75 Å². The number of nitrogens with one attached hydrogen (secondary N) is 1. The molecule has 0 radical (unpaired) electrons. The maximum atomic E-state index is 13.5. The second-order valence-electron chi connectivity index (χ2n) is 6.67. The smallest absolute Gasteiger partial charge is 0.491 e. The summed E-state index contributed by atoms with van der Waals surface area (Å²) in [6.45, 7) is 8.19. The Labute approximate surface area is 135 Å². The lowest BCUT2D eigenvalue weighted by Crippen LogP contribution is -2.41. The van der Waals surface area contributed by atoms with Gasteiger partial charge in [-0.05, 0) is 57.9 Å². The molecule has 1 aromatic rings. The van der Waals surface area contributed by atoms with Gasteiger partial charge >= 0.3 is 7.12 Å². The second-order valence-corrected chi connectivity index (χ2v) is 6.67. The van der Waals surface area contributed by atoms with Crippen molar-refractivity contribution in [2.75, 3.05) is 13.6 Å². The summed E-state index contributed by atoms with van der Waals surface area (Å²) >= 11 is 0. The maximum absolute atomic E-state index is 13.5. The highest BCUT2D eigenvalue weighted by Gasteiger charge is 2.52. The Hall–Kier alpha value is -1.44. The van der Waals surface area contributed by atoms with Crippen LogP contribution in [-0.2, 0) is 9.31 Å². The molecule has 7 heteroatoms. The summed E-state index contributed by atoms with van der Waals surface area (Å²) in [5.74, 6) is -3.09. The first-order valence-corrected chi connectivity index (χ1v) is 7.46. The molecular weight excluding hydrogens is 303 g/mol. The lowest BCUT2D eigenvalue weighted by molar-refractivity contribution is 0.00578. The van der Waals surface area contributed by atoms with Crippen molar-refractivity contribution in [3.8, 4) is 5.75 Å². The van der Waals surface area contributed by atoms with Crippen molar-refractivity contribution in [2.24, 2.45) is 0 Å². The fourth-order valence-corrected chi connectivity index (χ4v) is 2.29. The van der Waals surface area contributed by atoms with Gasteiger partial charge < -0.3 is 19.7 Å². The van der Waals surface area contributed by atoms with Crippen molar-refractivity contribution in [3.63, 3.8) is 0 Å². The van der Waals surface area contributed by atoms with Gasteiger partial charge in [-0.1, -0.05) is 6.08 Å². The standard InChI is InChI=1S/C16H22BF2NO3/c1-15(2)16(3,4)23-17(22-15)11(9-20-5)6-10-7-12(18)14(19)13(21)8-10/h6-8,20-21H,9H2,1-5H3. The predicted octanol–water partition coefficient (Wildman–Crippen LogP) is 2.90. The first-order chi connectivity index (χ1) is 10.6. The number of hydrogen-bond donors (Lipinski definition) is 2. The van der Waals surface area contributed by atoms with Gasteiger partial charge in [-0.2, -0.15) is 4.39 Å². The van der Waals surface area contributed by atoms with E-state index in [2.05, 4.69) is 5.32 Å². The summed E-state index contributed by atoms with van der Waals surface area (Å²) in [4.78, 5) is 0. The van der Waals surface area contributed by atoms with Crippen molar-refractivity contribution in [2.45, 2.75) is 38.9 Å². The number of phenols is 1.